The molecule has 1 aromatic heterocycles. The van der Waals surface area contributed by atoms with Gasteiger partial charge in [0.2, 0.25) is 0 Å². The Morgan fingerprint density at radius 3 is 2.46 bits per heavy atom. The number of aromatic nitrogens is 1. The smallest absolute Gasteiger partial charge is 0.351 e. The number of guanidine groups is 1. The van der Waals surface area contributed by atoms with Gasteiger partial charge in [-0.05, 0) is 13.8 Å². The third-order valence-corrected chi connectivity index (χ3v) is 5.03. The largest absolute Gasteiger partial charge is 0.403 e. The average molecular weight is 477 g/mol. The van der Waals surface area contributed by atoms with Crippen molar-refractivity contribution in [1.29, 1.82) is 0 Å². The molecule has 1 aromatic rings. The van der Waals surface area contributed by atoms with Crippen LogP contribution in [0.3, 0.4) is 0 Å². The number of thiazole rings is 1. The van der Waals surface area contributed by atoms with E-state index in [-0.39, 0.29) is 24.0 Å². The molecule has 2 rings (SSSR count). The summed E-state index contributed by atoms with van der Waals surface area (Å²) in [6, 6.07) is -1.40. The molecule has 5 nitrogen and oxygen atoms in total. The number of nitrogens with zero attached hydrogens (tertiary/aromatic N) is 4. The minimum Gasteiger partial charge on any atom is -0.351 e. The normalized spacial score (nSPS) is 18.2. The van der Waals surface area contributed by atoms with E-state index in [0.717, 1.165) is 16.5 Å². The molecule has 0 saturated carbocycles. The molecule has 138 valence electrons. The zero-order valence-electron chi connectivity index (χ0n) is 13.9. The summed E-state index contributed by atoms with van der Waals surface area (Å²) in [6.45, 7) is 5.61. The van der Waals surface area contributed by atoms with E-state index in [1.165, 1.54) is 11.8 Å². The van der Waals surface area contributed by atoms with Crippen LogP contribution in [-0.4, -0.2) is 66.2 Å². The quantitative estimate of drug-likeness (QED) is 0.413. The lowest BCUT2D eigenvalue weighted by Gasteiger charge is -2.39. The molecular weight excluding hydrogens is 454 g/mol. The topological polar surface area (TPSA) is 43.8 Å². The number of hydrogen-bond donors (Lipinski definition) is 1. The van der Waals surface area contributed by atoms with Gasteiger partial charge in [-0.3, -0.25) is 9.89 Å². The van der Waals surface area contributed by atoms with Gasteiger partial charge in [0.1, 0.15) is 6.04 Å². The highest BCUT2D eigenvalue weighted by Gasteiger charge is 2.41. The molecule has 1 aliphatic rings. The molecule has 10 heteroatoms. The first-order chi connectivity index (χ1) is 10.8. The Balaban J connectivity index is 0.00000288. The van der Waals surface area contributed by atoms with E-state index in [1.807, 2.05) is 11.8 Å². The van der Waals surface area contributed by atoms with Crippen LogP contribution in [0.2, 0.25) is 0 Å². The van der Waals surface area contributed by atoms with Crippen molar-refractivity contribution in [3.05, 3.63) is 16.1 Å². The van der Waals surface area contributed by atoms with Crippen molar-refractivity contribution in [2.24, 2.45) is 4.99 Å². The molecule has 1 unspecified atom stereocenters. The number of nitrogens with one attached hydrogen (secondary N) is 1. The Morgan fingerprint density at radius 2 is 2.00 bits per heavy atom. The highest BCUT2D eigenvalue weighted by molar-refractivity contribution is 14.0. The van der Waals surface area contributed by atoms with Gasteiger partial charge < -0.3 is 10.2 Å². The van der Waals surface area contributed by atoms with Crippen LogP contribution in [0.1, 0.15) is 17.5 Å². The predicted molar refractivity (Wildman–Crippen MR) is 101 cm³/mol. The second-order valence-electron chi connectivity index (χ2n) is 5.50. The van der Waals surface area contributed by atoms with Crippen molar-refractivity contribution in [3.63, 3.8) is 0 Å². The van der Waals surface area contributed by atoms with Gasteiger partial charge in [-0.15, -0.1) is 35.3 Å². The van der Waals surface area contributed by atoms with Gasteiger partial charge in [-0.1, -0.05) is 0 Å². The summed E-state index contributed by atoms with van der Waals surface area (Å²) >= 11 is 1.58. The lowest BCUT2D eigenvalue weighted by Crippen LogP contribution is -2.56. The third-order valence-electron chi connectivity index (χ3n) is 4.10. The summed E-state index contributed by atoms with van der Waals surface area (Å²) in [5.41, 5.74) is 2.79. The fourth-order valence-corrected chi connectivity index (χ4v) is 3.23. The molecule has 1 atom stereocenters. The summed E-state index contributed by atoms with van der Waals surface area (Å²) in [7, 11) is 1.69. The molecule has 1 N–H and O–H groups in total. The molecule has 0 amide bonds. The van der Waals surface area contributed by atoms with Gasteiger partial charge in [-0.2, -0.15) is 13.2 Å². The number of hydrogen-bond acceptors (Lipinski definition) is 4. The van der Waals surface area contributed by atoms with Crippen LogP contribution in [-0.2, 0) is 6.54 Å². The van der Waals surface area contributed by atoms with Crippen molar-refractivity contribution in [1.82, 2.24) is 20.1 Å². The van der Waals surface area contributed by atoms with Crippen LogP contribution in [0.25, 0.3) is 0 Å². The number of alkyl halides is 3. The summed E-state index contributed by atoms with van der Waals surface area (Å²) in [5, 5.41) is 3.26. The SMILES string of the molecule is CN=C(NCc1scnc1C)N1CCN(C(C)C(F)(F)F)CC1.I. The number of aryl methyl sites for hydroxylation is 1. The highest BCUT2D eigenvalue weighted by atomic mass is 127. The van der Waals surface area contributed by atoms with Crippen molar-refractivity contribution in [3.8, 4) is 0 Å². The standard InChI is InChI=1S/C14H22F3N5S.HI/c1-10-12(23-9-20-10)8-19-13(18-3)22-6-4-21(5-7-22)11(2)14(15,16)17;/h9,11H,4-8H2,1-3H3,(H,18,19);1H. The maximum Gasteiger partial charge on any atom is 0.403 e. The van der Waals surface area contributed by atoms with Gasteiger partial charge in [0.05, 0.1) is 17.7 Å². The van der Waals surface area contributed by atoms with Gasteiger partial charge in [0.15, 0.2) is 5.96 Å². The monoisotopic (exact) mass is 477 g/mol. The number of rotatable bonds is 3. The minimum absolute atomic E-state index is 0. The zero-order valence-corrected chi connectivity index (χ0v) is 17.1. The Hall–Kier alpha value is -0.620. The molecule has 0 bridgehead atoms. The van der Waals surface area contributed by atoms with Gasteiger partial charge in [0.25, 0.3) is 0 Å². The van der Waals surface area contributed by atoms with Crippen LogP contribution in [0.4, 0.5) is 13.2 Å². The molecule has 1 saturated heterocycles. The zero-order chi connectivity index (χ0) is 17.0. The fraction of sp³-hybridized carbons (Fsp3) is 0.714. The lowest BCUT2D eigenvalue weighted by atomic mass is 10.2. The fourth-order valence-electron chi connectivity index (χ4n) is 2.52. The van der Waals surface area contributed by atoms with E-state index in [2.05, 4.69) is 15.3 Å². The van der Waals surface area contributed by atoms with E-state index in [0.29, 0.717) is 32.7 Å². The molecule has 0 aromatic carbocycles. The molecule has 0 aliphatic carbocycles. The van der Waals surface area contributed by atoms with Crippen molar-refractivity contribution >= 4 is 41.3 Å². The van der Waals surface area contributed by atoms with Crippen LogP contribution < -0.4 is 5.32 Å². The summed E-state index contributed by atoms with van der Waals surface area (Å²) in [5.74, 6) is 0.720. The number of aliphatic imine (C=N–C) groups is 1. The van der Waals surface area contributed by atoms with Gasteiger partial charge in [0, 0.05) is 38.1 Å². The first-order valence-electron chi connectivity index (χ1n) is 7.48. The maximum absolute atomic E-state index is 12.8. The molecule has 2 heterocycles. The first-order valence-corrected chi connectivity index (χ1v) is 8.36. The van der Waals surface area contributed by atoms with Crippen molar-refractivity contribution < 1.29 is 13.2 Å². The lowest BCUT2D eigenvalue weighted by molar-refractivity contribution is -0.181. The van der Waals surface area contributed by atoms with E-state index >= 15 is 0 Å². The molecular formula is C14H23F3IN5S. The van der Waals surface area contributed by atoms with Crippen LogP contribution in [0, 0.1) is 6.92 Å². The molecule has 1 aliphatic heterocycles. The Bertz CT molecular complexity index is 541. The molecule has 0 spiro atoms. The van der Waals surface area contributed by atoms with Gasteiger partial charge in [-0.25, -0.2) is 4.98 Å². The maximum atomic E-state index is 12.8. The number of piperazine rings is 1. The summed E-state index contributed by atoms with van der Waals surface area (Å²) < 4.78 is 38.3. The third kappa shape index (κ3) is 5.45. The summed E-state index contributed by atoms with van der Waals surface area (Å²) in [4.78, 5) is 13.0. The average Bonchev–Trinajstić information content (AvgIpc) is 2.92. The summed E-state index contributed by atoms with van der Waals surface area (Å²) in [6.07, 6.45) is -4.17. The van der Waals surface area contributed by atoms with E-state index < -0.39 is 12.2 Å². The Kier molecular flexibility index (Phi) is 8.20. The first kappa shape index (κ1) is 21.4. The van der Waals surface area contributed by atoms with Crippen molar-refractivity contribution in [2.75, 3.05) is 33.2 Å². The predicted octanol–water partition coefficient (Wildman–Crippen LogP) is 2.71. The van der Waals surface area contributed by atoms with Gasteiger partial charge >= 0.3 is 6.18 Å². The second-order valence-corrected chi connectivity index (χ2v) is 6.44. The van der Waals surface area contributed by atoms with Crippen molar-refractivity contribution in [2.45, 2.75) is 32.6 Å². The van der Waals surface area contributed by atoms with Crippen LogP contribution in [0.5, 0.6) is 0 Å². The number of halogens is 4. The van der Waals surface area contributed by atoms with E-state index in [1.54, 1.807) is 23.9 Å². The molecule has 0 radical (unpaired) electrons. The van der Waals surface area contributed by atoms with E-state index in [4.69, 9.17) is 0 Å². The molecule has 24 heavy (non-hydrogen) atoms. The van der Waals surface area contributed by atoms with E-state index in [9.17, 15) is 13.2 Å². The second kappa shape index (κ2) is 9.18. The molecule has 1 fully saturated rings. The Labute approximate surface area is 161 Å². The van der Waals surface area contributed by atoms with Crippen LogP contribution in [0.15, 0.2) is 10.5 Å². The Morgan fingerprint density at radius 1 is 1.38 bits per heavy atom. The minimum atomic E-state index is -4.17. The highest BCUT2D eigenvalue weighted by Crippen LogP contribution is 2.25. The van der Waals surface area contributed by atoms with Crippen LogP contribution >= 0.6 is 35.3 Å².